The van der Waals surface area contributed by atoms with Gasteiger partial charge in [0.2, 0.25) is 0 Å². The molecule has 0 aliphatic rings. The van der Waals surface area contributed by atoms with E-state index < -0.39 is 0 Å². The van der Waals surface area contributed by atoms with Crippen molar-refractivity contribution in [1.29, 1.82) is 0 Å². The van der Waals surface area contributed by atoms with Crippen LogP contribution in [0.15, 0.2) is 46.9 Å². The summed E-state index contributed by atoms with van der Waals surface area (Å²) >= 11 is 3.34. The van der Waals surface area contributed by atoms with Gasteiger partial charge in [-0.2, -0.15) is 0 Å². The first-order valence-electron chi connectivity index (χ1n) is 6.47. The molecule has 0 aromatic heterocycles. The summed E-state index contributed by atoms with van der Waals surface area (Å²) in [5, 5.41) is 12.4. The van der Waals surface area contributed by atoms with Crippen LogP contribution in [0.3, 0.4) is 0 Å². The summed E-state index contributed by atoms with van der Waals surface area (Å²) in [6, 6.07) is 12.7. The third-order valence-corrected chi connectivity index (χ3v) is 3.73. The lowest BCUT2D eigenvalue weighted by molar-refractivity contribution is 0.281. The fraction of sp³-hybridized carbons (Fsp3) is 0.250. The van der Waals surface area contributed by atoms with Crippen molar-refractivity contribution in [2.24, 2.45) is 0 Å². The summed E-state index contributed by atoms with van der Waals surface area (Å²) in [4.78, 5) is 0. The second kappa shape index (κ2) is 6.97. The molecular weight excluding hydrogens is 321 g/mol. The van der Waals surface area contributed by atoms with Crippen LogP contribution in [0.1, 0.15) is 29.7 Å². The number of hydrogen-bond acceptors (Lipinski definition) is 2. The van der Waals surface area contributed by atoms with Crippen LogP contribution in [0.5, 0.6) is 0 Å². The van der Waals surface area contributed by atoms with Crippen LogP contribution in [-0.4, -0.2) is 5.11 Å². The molecule has 2 aromatic rings. The van der Waals surface area contributed by atoms with Gasteiger partial charge in [0.15, 0.2) is 0 Å². The number of hydrogen-bond donors (Lipinski definition) is 2. The number of halogens is 2. The smallest absolute Gasteiger partial charge is 0.127 e. The van der Waals surface area contributed by atoms with E-state index in [9.17, 15) is 4.39 Å². The van der Waals surface area contributed by atoms with Crippen molar-refractivity contribution in [3.63, 3.8) is 0 Å². The Hall–Kier alpha value is -1.23. The summed E-state index contributed by atoms with van der Waals surface area (Å²) < 4.78 is 14.5. The maximum atomic E-state index is 13.6. The largest absolute Gasteiger partial charge is 0.392 e. The highest BCUT2D eigenvalue weighted by Crippen LogP contribution is 2.18. The number of rotatable bonds is 5. The highest BCUT2D eigenvalue weighted by atomic mass is 79.9. The Morgan fingerprint density at radius 2 is 2.05 bits per heavy atom. The summed E-state index contributed by atoms with van der Waals surface area (Å²) in [5.74, 6) is -0.211. The van der Waals surface area contributed by atoms with Crippen molar-refractivity contribution < 1.29 is 9.50 Å². The normalized spacial score (nSPS) is 12.4. The Balaban J connectivity index is 2.04. The van der Waals surface area contributed by atoms with Crippen molar-refractivity contribution in [2.75, 3.05) is 0 Å². The van der Waals surface area contributed by atoms with E-state index in [0.717, 1.165) is 15.6 Å². The van der Waals surface area contributed by atoms with Gasteiger partial charge in [-0.25, -0.2) is 4.39 Å². The average Bonchev–Trinajstić information content (AvgIpc) is 2.48. The van der Waals surface area contributed by atoms with E-state index in [4.69, 9.17) is 5.11 Å². The van der Waals surface area contributed by atoms with E-state index in [-0.39, 0.29) is 18.5 Å². The molecule has 0 bridgehead atoms. The molecule has 2 aromatic carbocycles. The standard InChI is InChI=1S/C16H17BrFNO/c1-11(13-4-2-3-12(7-13)10-20)19-9-14-8-15(17)5-6-16(14)18/h2-8,11,19-20H,9-10H2,1H3. The fourth-order valence-electron chi connectivity index (χ4n) is 2.02. The maximum Gasteiger partial charge on any atom is 0.127 e. The van der Waals surface area contributed by atoms with Gasteiger partial charge in [-0.1, -0.05) is 40.2 Å². The van der Waals surface area contributed by atoms with Gasteiger partial charge in [-0.15, -0.1) is 0 Å². The van der Waals surface area contributed by atoms with Gasteiger partial charge in [0, 0.05) is 22.6 Å². The molecular formula is C16H17BrFNO. The molecule has 0 heterocycles. The SMILES string of the molecule is CC(NCc1cc(Br)ccc1F)c1cccc(CO)c1. The topological polar surface area (TPSA) is 32.3 Å². The molecule has 2 N–H and O–H groups in total. The predicted molar refractivity (Wildman–Crippen MR) is 81.7 cm³/mol. The van der Waals surface area contributed by atoms with Crippen LogP contribution in [0.4, 0.5) is 4.39 Å². The van der Waals surface area contributed by atoms with Gasteiger partial charge in [0.25, 0.3) is 0 Å². The van der Waals surface area contributed by atoms with Gasteiger partial charge < -0.3 is 10.4 Å². The van der Waals surface area contributed by atoms with Gasteiger partial charge in [-0.3, -0.25) is 0 Å². The first kappa shape index (κ1) is 15.2. The summed E-state index contributed by atoms with van der Waals surface area (Å²) in [6.07, 6.45) is 0. The van der Waals surface area contributed by atoms with Crippen LogP contribution in [0, 0.1) is 5.82 Å². The van der Waals surface area contributed by atoms with Crippen LogP contribution in [0.25, 0.3) is 0 Å². The van der Waals surface area contributed by atoms with Crippen molar-refractivity contribution in [2.45, 2.75) is 26.1 Å². The van der Waals surface area contributed by atoms with E-state index in [0.29, 0.717) is 12.1 Å². The van der Waals surface area contributed by atoms with Crippen molar-refractivity contribution in [1.82, 2.24) is 5.32 Å². The average molecular weight is 338 g/mol. The number of benzene rings is 2. The zero-order valence-corrected chi connectivity index (χ0v) is 12.8. The van der Waals surface area contributed by atoms with Gasteiger partial charge in [-0.05, 0) is 36.2 Å². The lowest BCUT2D eigenvalue weighted by atomic mass is 10.1. The Labute approximate surface area is 126 Å². The highest BCUT2D eigenvalue weighted by Gasteiger charge is 2.08. The molecule has 0 spiro atoms. The third kappa shape index (κ3) is 3.88. The molecule has 0 amide bonds. The third-order valence-electron chi connectivity index (χ3n) is 3.24. The van der Waals surface area contributed by atoms with Crippen LogP contribution in [0.2, 0.25) is 0 Å². The lowest BCUT2D eigenvalue weighted by Crippen LogP contribution is -2.19. The highest BCUT2D eigenvalue weighted by molar-refractivity contribution is 9.10. The predicted octanol–water partition coefficient (Wildman–Crippen LogP) is 3.93. The Kier molecular flexibility index (Phi) is 5.29. The van der Waals surface area contributed by atoms with E-state index in [1.807, 2.05) is 31.2 Å². The minimum atomic E-state index is -0.211. The maximum absolute atomic E-state index is 13.6. The van der Waals surface area contributed by atoms with Crippen molar-refractivity contribution in [3.8, 4) is 0 Å². The minimum Gasteiger partial charge on any atom is -0.392 e. The van der Waals surface area contributed by atoms with E-state index in [1.165, 1.54) is 6.07 Å². The quantitative estimate of drug-likeness (QED) is 0.866. The number of nitrogens with one attached hydrogen (secondary N) is 1. The van der Waals surface area contributed by atoms with E-state index in [1.54, 1.807) is 12.1 Å². The molecule has 4 heteroatoms. The summed E-state index contributed by atoms with van der Waals surface area (Å²) in [6.45, 7) is 2.50. The van der Waals surface area contributed by atoms with Gasteiger partial charge in [0.1, 0.15) is 5.82 Å². The zero-order valence-electron chi connectivity index (χ0n) is 11.2. The second-order valence-electron chi connectivity index (χ2n) is 4.74. The molecule has 2 rings (SSSR count). The number of aliphatic hydroxyl groups excluding tert-OH is 1. The molecule has 2 nitrogen and oxygen atoms in total. The number of aliphatic hydroxyl groups is 1. The molecule has 0 fully saturated rings. The monoisotopic (exact) mass is 337 g/mol. The van der Waals surface area contributed by atoms with Crippen LogP contribution in [-0.2, 0) is 13.2 Å². The minimum absolute atomic E-state index is 0.0286. The van der Waals surface area contributed by atoms with E-state index >= 15 is 0 Å². The second-order valence-corrected chi connectivity index (χ2v) is 5.66. The Bertz CT molecular complexity index is 588. The first-order valence-corrected chi connectivity index (χ1v) is 7.26. The van der Waals surface area contributed by atoms with Crippen LogP contribution >= 0.6 is 15.9 Å². The van der Waals surface area contributed by atoms with Crippen molar-refractivity contribution in [3.05, 3.63) is 69.4 Å². The summed E-state index contributed by atoms with van der Waals surface area (Å²) in [7, 11) is 0. The molecule has 20 heavy (non-hydrogen) atoms. The molecule has 0 aliphatic carbocycles. The molecule has 1 atom stereocenters. The Morgan fingerprint density at radius 1 is 1.25 bits per heavy atom. The molecule has 0 saturated heterocycles. The molecule has 1 unspecified atom stereocenters. The molecule has 106 valence electrons. The zero-order chi connectivity index (χ0) is 14.5. The first-order chi connectivity index (χ1) is 9.60. The van der Waals surface area contributed by atoms with Crippen LogP contribution < -0.4 is 5.32 Å². The molecule has 0 aliphatic heterocycles. The lowest BCUT2D eigenvalue weighted by Gasteiger charge is -2.15. The molecule has 0 radical (unpaired) electrons. The Morgan fingerprint density at radius 3 is 2.80 bits per heavy atom. The van der Waals surface area contributed by atoms with Gasteiger partial charge >= 0.3 is 0 Å². The van der Waals surface area contributed by atoms with E-state index in [2.05, 4.69) is 21.2 Å². The van der Waals surface area contributed by atoms with Crippen molar-refractivity contribution >= 4 is 15.9 Å². The van der Waals surface area contributed by atoms with Gasteiger partial charge in [0.05, 0.1) is 6.61 Å². The molecule has 0 saturated carbocycles. The summed E-state index contributed by atoms with van der Waals surface area (Å²) in [5.41, 5.74) is 2.58. The fourth-order valence-corrected chi connectivity index (χ4v) is 2.43.